The Bertz CT molecular complexity index is 439. The van der Waals surface area contributed by atoms with Gasteiger partial charge in [0.05, 0.1) is 6.61 Å². The van der Waals surface area contributed by atoms with Gasteiger partial charge in [-0.25, -0.2) is 4.98 Å². The fourth-order valence-electron chi connectivity index (χ4n) is 3.48. The number of hydrogen-bond donors (Lipinski definition) is 1. The largest absolute Gasteiger partial charge is 0.395 e. The van der Waals surface area contributed by atoms with Crippen molar-refractivity contribution in [1.29, 1.82) is 0 Å². The van der Waals surface area contributed by atoms with Crippen LogP contribution < -0.4 is 4.90 Å². The van der Waals surface area contributed by atoms with Gasteiger partial charge in [-0.3, -0.25) is 4.90 Å². The van der Waals surface area contributed by atoms with Gasteiger partial charge in [0, 0.05) is 35.8 Å². The first-order chi connectivity index (χ1) is 9.78. The van der Waals surface area contributed by atoms with Crippen molar-refractivity contribution < 1.29 is 5.11 Å². The highest BCUT2D eigenvalue weighted by atomic mass is 79.9. The molecule has 4 nitrogen and oxygen atoms in total. The molecule has 20 heavy (non-hydrogen) atoms. The molecule has 2 saturated heterocycles. The van der Waals surface area contributed by atoms with E-state index in [-0.39, 0.29) is 0 Å². The van der Waals surface area contributed by atoms with Gasteiger partial charge < -0.3 is 10.0 Å². The second kappa shape index (κ2) is 6.41. The number of aliphatic hydroxyl groups is 1. The van der Waals surface area contributed by atoms with Gasteiger partial charge in [0.15, 0.2) is 0 Å². The third kappa shape index (κ3) is 3.00. The Morgan fingerprint density at radius 1 is 1.20 bits per heavy atom. The molecular formula is C15H22BrN3O. The van der Waals surface area contributed by atoms with Crippen LogP contribution in [0.2, 0.25) is 0 Å². The Balaban J connectivity index is 1.67. The predicted molar refractivity (Wildman–Crippen MR) is 84.0 cm³/mol. The van der Waals surface area contributed by atoms with Gasteiger partial charge in [-0.1, -0.05) is 0 Å². The van der Waals surface area contributed by atoms with Crippen molar-refractivity contribution in [3.8, 4) is 0 Å². The summed E-state index contributed by atoms with van der Waals surface area (Å²) >= 11 is 3.44. The molecule has 0 aliphatic carbocycles. The SMILES string of the molecule is OCC1CCCN1CC1CCCN1c1ccc(Br)cn1. The Morgan fingerprint density at radius 2 is 2.00 bits per heavy atom. The van der Waals surface area contributed by atoms with Gasteiger partial charge in [-0.05, 0) is 60.3 Å². The van der Waals surface area contributed by atoms with E-state index in [1.54, 1.807) is 0 Å². The lowest BCUT2D eigenvalue weighted by Gasteiger charge is -2.32. The summed E-state index contributed by atoms with van der Waals surface area (Å²) in [7, 11) is 0. The zero-order valence-electron chi connectivity index (χ0n) is 11.7. The van der Waals surface area contributed by atoms with E-state index in [0.717, 1.165) is 36.3 Å². The van der Waals surface area contributed by atoms with Crippen molar-refractivity contribution in [2.45, 2.75) is 37.8 Å². The zero-order chi connectivity index (χ0) is 13.9. The van der Waals surface area contributed by atoms with Gasteiger partial charge in [-0.2, -0.15) is 0 Å². The first-order valence-electron chi connectivity index (χ1n) is 7.51. The molecular weight excluding hydrogens is 318 g/mol. The van der Waals surface area contributed by atoms with Crippen LogP contribution in [0, 0.1) is 0 Å². The topological polar surface area (TPSA) is 39.6 Å². The van der Waals surface area contributed by atoms with Crippen molar-refractivity contribution in [2.24, 2.45) is 0 Å². The molecule has 0 spiro atoms. The molecule has 3 rings (SSSR count). The average molecular weight is 340 g/mol. The third-order valence-corrected chi connectivity index (χ3v) is 5.01. The summed E-state index contributed by atoms with van der Waals surface area (Å²) in [4.78, 5) is 9.43. The minimum atomic E-state index is 0.295. The molecule has 5 heteroatoms. The number of aliphatic hydroxyl groups excluding tert-OH is 1. The van der Waals surface area contributed by atoms with Crippen LogP contribution in [0.3, 0.4) is 0 Å². The summed E-state index contributed by atoms with van der Waals surface area (Å²) in [5.41, 5.74) is 0. The molecule has 2 atom stereocenters. The second-order valence-corrected chi connectivity index (χ2v) is 6.71. The van der Waals surface area contributed by atoms with Gasteiger partial charge >= 0.3 is 0 Å². The van der Waals surface area contributed by atoms with Crippen LogP contribution in [-0.2, 0) is 0 Å². The fourth-order valence-corrected chi connectivity index (χ4v) is 3.71. The van der Waals surface area contributed by atoms with Crippen LogP contribution in [0.5, 0.6) is 0 Å². The summed E-state index contributed by atoms with van der Waals surface area (Å²) in [6.45, 7) is 3.58. The van der Waals surface area contributed by atoms with Crippen molar-refractivity contribution in [1.82, 2.24) is 9.88 Å². The molecule has 2 aliphatic heterocycles. The maximum Gasteiger partial charge on any atom is 0.128 e. The lowest BCUT2D eigenvalue weighted by atomic mass is 10.2. The van der Waals surface area contributed by atoms with E-state index in [4.69, 9.17) is 0 Å². The van der Waals surface area contributed by atoms with Crippen LogP contribution in [0.1, 0.15) is 25.7 Å². The molecule has 0 radical (unpaired) electrons. The minimum absolute atomic E-state index is 0.295. The number of hydrogen-bond acceptors (Lipinski definition) is 4. The van der Waals surface area contributed by atoms with Crippen LogP contribution in [0.4, 0.5) is 5.82 Å². The molecule has 2 aliphatic rings. The lowest BCUT2D eigenvalue weighted by molar-refractivity contribution is 0.153. The molecule has 3 heterocycles. The van der Waals surface area contributed by atoms with E-state index >= 15 is 0 Å². The summed E-state index contributed by atoms with van der Waals surface area (Å²) in [5, 5.41) is 9.45. The number of nitrogens with zero attached hydrogens (tertiary/aromatic N) is 3. The molecule has 0 saturated carbocycles. The van der Waals surface area contributed by atoms with E-state index in [1.165, 1.54) is 19.3 Å². The van der Waals surface area contributed by atoms with Crippen molar-refractivity contribution in [2.75, 3.05) is 31.1 Å². The second-order valence-electron chi connectivity index (χ2n) is 5.80. The van der Waals surface area contributed by atoms with Crippen LogP contribution >= 0.6 is 15.9 Å². The molecule has 0 aromatic carbocycles. The van der Waals surface area contributed by atoms with Crippen molar-refractivity contribution in [3.05, 3.63) is 22.8 Å². The number of likely N-dealkylation sites (tertiary alicyclic amines) is 1. The highest BCUT2D eigenvalue weighted by Crippen LogP contribution is 2.27. The Morgan fingerprint density at radius 3 is 2.75 bits per heavy atom. The summed E-state index contributed by atoms with van der Waals surface area (Å²) in [6, 6.07) is 5.06. The fraction of sp³-hybridized carbons (Fsp3) is 0.667. The zero-order valence-corrected chi connectivity index (χ0v) is 13.3. The van der Waals surface area contributed by atoms with E-state index < -0.39 is 0 Å². The van der Waals surface area contributed by atoms with Gasteiger partial charge in [0.25, 0.3) is 0 Å². The highest BCUT2D eigenvalue weighted by Gasteiger charge is 2.31. The number of pyridine rings is 1. The maximum atomic E-state index is 9.45. The number of halogens is 1. The Hall–Kier alpha value is -0.650. The first-order valence-corrected chi connectivity index (χ1v) is 8.30. The molecule has 1 aromatic rings. The Kier molecular flexibility index (Phi) is 4.58. The molecule has 1 aromatic heterocycles. The summed E-state index contributed by atoms with van der Waals surface area (Å²) in [6.07, 6.45) is 6.69. The van der Waals surface area contributed by atoms with Crippen molar-refractivity contribution in [3.63, 3.8) is 0 Å². The van der Waals surface area contributed by atoms with Gasteiger partial charge in [-0.15, -0.1) is 0 Å². The number of rotatable bonds is 4. The quantitative estimate of drug-likeness (QED) is 0.913. The van der Waals surface area contributed by atoms with E-state index in [2.05, 4.69) is 42.8 Å². The van der Waals surface area contributed by atoms with Crippen molar-refractivity contribution >= 4 is 21.7 Å². The standard InChI is InChI=1S/C15H22BrN3O/c16-12-5-6-15(17-9-12)19-8-2-3-13(19)10-18-7-1-4-14(18)11-20/h5-6,9,13-14,20H,1-4,7-8,10-11H2. The van der Waals surface area contributed by atoms with Gasteiger partial charge in [0.1, 0.15) is 5.82 Å². The summed E-state index contributed by atoms with van der Waals surface area (Å²) < 4.78 is 1.02. The normalized spacial score (nSPS) is 27.4. The van der Waals surface area contributed by atoms with E-state index in [1.807, 2.05) is 6.20 Å². The molecule has 2 fully saturated rings. The average Bonchev–Trinajstić information content (AvgIpc) is 3.09. The van der Waals surface area contributed by atoms with E-state index in [0.29, 0.717) is 18.7 Å². The monoisotopic (exact) mass is 339 g/mol. The highest BCUT2D eigenvalue weighted by molar-refractivity contribution is 9.10. The number of aromatic nitrogens is 1. The van der Waals surface area contributed by atoms with Crippen LogP contribution in [0.15, 0.2) is 22.8 Å². The maximum absolute atomic E-state index is 9.45. The van der Waals surface area contributed by atoms with Crippen LogP contribution in [-0.4, -0.2) is 53.3 Å². The minimum Gasteiger partial charge on any atom is -0.395 e. The van der Waals surface area contributed by atoms with Crippen LogP contribution in [0.25, 0.3) is 0 Å². The Labute approximate surface area is 128 Å². The first kappa shape index (κ1) is 14.3. The number of anilines is 1. The van der Waals surface area contributed by atoms with Gasteiger partial charge in [0.2, 0.25) is 0 Å². The molecule has 0 bridgehead atoms. The third-order valence-electron chi connectivity index (χ3n) is 4.54. The lowest BCUT2D eigenvalue weighted by Crippen LogP contribution is -2.43. The predicted octanol–water partition coefficient (Wildman–Crippen LogP) is 2.27. The summed E-state index contributed by atoms with van der Waals surface area (Å²) in [5.74, 6) is 1.08. The molecule has 2 unspecified atom stereocenters. The van der Waals surface area contributed by atoms with E-state index in [9.17, 15) is 5.11 Å². The molecule has 1 N–H and O–H groups in total. The molecule has 0 amide bonds. The molecule has 110 valence electrons. The smallest absolute Gasteiger partial charge is 0.128 e.